The SMILES string of the molecule is CN(Cc1ccc(C(=O)NCC(F)(F)F)cc1)Cn1ncn(-c2ccccc2)c1=S. The smallest absolute Gasteiger partial charge is 0.343 e. The van der Waals surface area contributed by atoms with E-state index in [1.54, 1.807) is 23.1 Å². The van der Waals surface area contributed by atoms with Gasteiger partial charge in [-0.3, -0.25) is 14.3 Å². The second-order valence-corrected chi connectivity index (χ2v) is 7.13. The molecule has 30 heavy (non-hydrogen) atoms. The van der Waals surface area contributed by atoms with Crippen LogP contribution in [0.25, 0.3) is 5.69 Å². The molecule has 3 rings (SSSR count). The Morgan fingerprint density at radius 3 is 2.43 bits per heavy atom. The summed E-state index contributed by atoms with van der Waals surface area (Å²) in [5.74, 6) is -0.759. The topological polar surface area (TPSA) is 55.1 Å². The van der Waals surface area contributed by atoms with E-state index in [4.69, 9.17) is 12.2 Å². The number of carbonyl (C=O) groups excluding carboxylic acids is 1. The van der Waals surface area contributed by atoms with Crippen molar-refractivity contribution in [2.75, 3.05) is 13.6 Å². The molecular weight excluding hydrogens is 415 g/mol. The predicted octanol–water partition coefficient (Wildman–Crippen LogP) is 3.78. The van der Waals surface area contributed by atoms with E-state index >= 15 is 0 Å². The number of halogens is 3. The zero-order valence-electron chi connectivity index (χ0n) is 16.1. The van der Waals surface area contributed by atoms with Gasteiger partial charge in [0.2, 0.25) is 4.77 Å². The van der Waals surface area contributed by atoms with Crippen molar-refractivity contribution in [2.45, 2.75) is 19.4 Å². The normalized spacial score (nSPS) is 11.6. The molecule has 0 fully saturated rings. The van der Waals surface area contributed by atoms with E-state index in [1.807, 2.05) is 52.2 Å². The highest BCUT2D eigenvalue weighted by Gasteiger charge is 2.27. The maximum absolute atomic E-state index is 12.2. The van der Waals surface area contributed by atoms with Gasteiger partial charge >= 0.3 is 6.18 Å². The molecule has 0 spiro atoms. The molecule has 0 aliphatic heterocycles. The van der Waals surface area contributed by atoms with Gasteiger partial charge in [0.05, 0.1) is 6.67 Å². The standard InChI is InChI=1S/C20H20F3N5OS/c1-26(14-28-19(30)27(13-25-28)17-5-3-2-4-6-17)11-15-7-9-16(10-8-15)18(29)24-12-20(21,22)23/h2-10,13H,11-12,14H2,1H3,(H,24,29). The van der Waals surface area contributed by atoms with Crippen molar-refractivity contribution in [1.82, 2.24) is 24.6 Å². The van der Waals surface area contributed by atoms with Crippen molar-refractivity contribution in [2.24, 2.45) is 0 Å². The Labute approximate surface area is 176 Å². The van der Waals surface area contributed by atoms with Gasteiger partial charge in [0.25, 0.3) is 5.91 Å². The molecule has 1 amide bonds. The summed E-state index contributed by atoms with van der Waals surface area (Å²) >= 11 is 5.50. The average molecular weight is 435 g/mol. The van der Waals surface area contributed by atoms with Crippen molar-refractivity contribution in [3.05, 3.63) is 76.8 Å². The second-order valence-electron chi connectivity index (χ2n) is 6.77. The van der Waals surface area contributed by atoms with E-state index in [9.17, 15) is 18.0 Å². The van der Waals surface area contributed by atoms with Crippen LogP contribution in [0.2, 0.25) is 0 Å². The van der Waals surface area contributed by atoms with Gasteiger partial charge in [-0.25, -0.2) is 4.68 Å². The van der Waals surface area contributed by atoms with Crippen LogP contribution in [0.1, 0.15) is 15.9 Å². The number of alkyl halides is 3. The minimum Gasteiger partial charge on any atom is -0.343 e. The fourth-order valence-corrected chi connectivity index (χ4v) is 3.09. The molecule has 1 aromatic heterocycles. The summed E-state index contributed by atoms with van der Waals surface area (Å²) in [4.78, 5) is 13.8. The second kappa shape index (κ2) is 9.23. The Bertz CT molecular complexity index is 1040. The molecule has 1 heterocycles. The number of benzene rings is 2. The number of hydrogen-bond acceptors (Lipinski definition) is 4. The van der Waals surface area contributed by atoms with Crippen LogP contribution in [0.15, 0.2) is 60.9 Å². The Balaban J connectivity index is 1.59. The molecule has 0 saturated heterocycles. The van der Waals surface area contributed by atoms with Gasteiger partial charge in [0.1, 0.15) is 12.9 Å². The Kier molecular flexibility index (Phi) is 6.68. The summed E-state index contributed by atoms with van der Waals surface area (Å²) < 4.78 is 40.7. The van der Waals surface area contributed by atoms with Gasteiger partial charge in [-0.15, -0.1) is 0 Å². The maximum Gasteiger partial charge on any atom is 0.405 e. The molecule has 0 aliphatic rings. The molecule has 0 atom stereocenters. The number of nitrogens with zero attached hydrogens (tertiary/aromatic N) is 4. The van der Waals surface area contributed by atoms with Gasteiger partial charge in [-0.05, 0) is 49.1 Å². The quantitative estimate of drug-likeness (QED) is 0.574. The number of aromatic nitrogens is 3. The summed E-state index contributed by atoms with van der Waals surface area (Å²) in [5.41, 5.74) is 2.00. The lowest BCUT2D eigenvalue weighted by molar-refractivity contribution is -0.123. The first-order chi connectivity index (χ1) is 14.2. The van der Waals surface area contributed by atoms with E-state index in [1.165, 1.54) is 12.1 Å². The zero-order chi connectivity index (χ0) is 21.7. The maximum atomic E-state index is 12.2. The zero-order valence-corrected chi connectivity index (χ0v) is 17.0. The predicted molar refractivity (Wildman–Crippen MR) is 109 cm³/mol. The lowest BCUT2D eigenvalue weighted by Gasteiger charge is -2.17. The van der Waals surface area contributed by atoms with Gasteiger partial charge in [-0.2, -0.15) is 18.3 Å². The Hall–Kier alpha value is -2.98. The van der Waals surface area contributed by atoms with Crippen LogP contribution in [0.3, 0.4) is 0 Å². The molecule has 3 aromatic rings. The molecule has 2 aromatic carbocycles. The van der Waals surface area contributed by atoms with E-state index in [0.717, 1.165) is 11.3 Å². The summed E-state index contributed by atoms with van der Waals surface area (Å²) in [7, 11) is 1.90. The molecule has 10 heteroatoms. The first-order valence-corrected chi connectivity index (χ1v) is 9.46. The number of carbonyl (C=O) groups is 1. The van der Waals surface area contributed by atoms with Crippen molar-refractivity contribution < 1.29 is 18.0 Å². The summed E-state index contributed by atoms with van der Waals surface area (Å²) in [6.07, 6.45) is -2.77. The van der Waals surface area contributed by atoms with E-state index < -0.39 is 18.6 Å². The summed E-state index contributed by atoms with van der Waals surface area (Å²) in [6.45, 7) is -0.358. The molecular formula is C20H20F3N5OS. The number of para-hydroxylation sites is 1. The molecule has 158 valence electrons. The molecule has 0 unspecified atom stereocenters. The van der Waals surface area contributed by atoms with Crippen LogP contribution < -0.4 is 5.32 Å². The molecule has 0 bridgehead atoms. The Morgan fingerprint density at radius 2 is 1.80 bits per heavy atom. The highest BCUT2D eigenvalue weighted by Crippen LogP contribution is 2.13. The Morgan fingerprint density at radius 1 is 1.13 bits per heavy atom. The fourth-order valence-electron chi connectivity index (χ4n) is 2.83. The molecule has 1 N–H and O–H groups in total. The third kappa shape index (κ3) is 5.77. The monoisotopic (exact) mass is 435 g/mol. The summed E-state index contributed by atoms with van der Waals surface area (Å²) in [5, 5.41) is 6.19. The minimum absolute atomic E-state index is 0.175. The van der Waals surface area contributed by atoms with Crippen LogP contribution in [-0.2, 0) is 13.2 Å². The number of hydrogen-bond donors (Lipinski definition) is 1. The third-order valence-corrected chi connectivity index (χ3v) is 4.67. The van der Waals surface area contributed by atoms with Crippen LogP contribution in [-0.4, -0.2) is 44.9 Å². The highest BCUT2D eigenvalue weighted by atomic mass is 32.1. The minimum atomic E-state index is -4.44. The van der Waals surface area contributed by atoms with Gasteiger partial charge < -0.3 is 5.32 Å². The molecule has 0 saturated carbocycles. The van der Waals surface area contributed by atoms with Crippen molar-refractivity contribution in [3.63, 3.8) is 0 Å². The van der Waals surface area contributed by atoms with E-state index in [0.29, 0.717) is 18.0 Å². The number of rotatable bonds is 7. The first kappa shape index (κ1) is 21.7. The fraction of sp³-hybridized carbons (Fsp3) is 0.250. The lowest BCUT2D eigenvalue weighted by Crippen LogP contribution is -2.33. The third-order valence-electron chi connectivity index (χ3n) is 4.26. The summed E-state index contributed by atoms with van der Waals surface area (Å²) in [6, 6.07) is 16.1. The van der Waals surface area contributed by atoms with Crippen molar-refractivity contribution >= 4 is 18.1 Å². The van der Waals surface area contributed by atoms with E-state index in [2.05, 4.69) is 5.10 Å². The van der Waals surface area contributed by atoms with Crippen molar-refractivity contribution in [1.29, 1.82) is 0 Å². The van der Waals surface area contributed by atoms with Crippen LogP contribution in [0.5, 0.6) is 0 Å². The molecule has 0 radical (unpaired) electrons. The highest BCUT2D eigenvalue weighted by molar-refractivity contribution is 7.71. The van der Waals surface area contributed by atoms with Crippen molar-refractivity contribution in [3.8, 4) is 5.69 Å². The number of nitrogens with one attached hydrogen (secondary N) is 1. The van der Waals surface area contributed by atoms with Gasteiger partial charge in [0, 0.05) is 17.8 Å². The largest absolute Gasteiger partial charge is 0.405 e. The van der Waals surface area contributed by atoms with Crippen LogP contribution in [0.4, 0.5) is 13.2 Å². The lowest BCUT2D eigenvalue weighted by atomic mass is 10.1. The average Bonchev–Trinajstić information content (AvgIpc) is 3.07. The molecule has 0 aliphatic carbocycles. The molecule has 6 nitrogen and oxygen atoms in total. The van der Waals surface area contributed by atoms with Crippen LogP contribution in [0, 0.1) is 4.77 Å². The van der Waals surface area contributed by atoms with Gasteiger partial charge in [0.15, 0.2) is 0 Å². The van der Waals surface area contributed by atoms with Crippen LogP contribution >= 0.6 is 12.2 Å². The van der Waals surface area contributed by atoms with Gasteiger partial charge in [-0.1, -0.05) is 30.3 Å². The first-order valence-electron chi connectivity index (χ1n) is 9.05. The number of amides is 1. The van der Waals surface area contributed by atoms with E-state index in [-0.39, 0.29) is 5.56 Å².